The molecule has 8 nitrogen and oxygen atoms in total. The highest BCUT2D eigenvalue weighted by molar-refractivity contribution is 7.89. The van der Waals surface area contributed by atoms with Gasteiger partial charge in [-0.25, -0.2) is 17.7 Å². The fourth-order valence-corrected chi connectivity index (χ4v) is 3.54. The first-order valence-corrected chi connectivity index (χ1v) is 9.27. The third-order valence-corrected chi connectivity index (χ3v) is 5.81. The number of benzene rings is 1. The van der Waals surface area contributed by atoms with Gasteiger partial charge in [0.1, 0.15) is 0 Å². The van der Waals surface area contributed by atoms with Crippen molar-refractivity contribution >= 4 is 32.7 Å². The van der Waals surface area contributed by atoms with Gasteiger partial charge in [0.15, 0.2) is 5.65 Å². The maximum atomic E-state index is 12.5. The zero-order valence-electron chi connectivity index (χ0n) is 14.9. The van der Waals surface area contributed by atoms with Crippen LogP contribution in [-0.2, 0) is 17.1 Å². The quantitative estimate of drug-likeness (QED) is 0.752. The van der Waals surface area contributed by atoms with Crippen LogP contribution < -0.4 is 5.32 Å². The van der Waals surface area contributed by atoms with Crippen LogP contribution in [0.3, 0.4) is 0 Å². The highest BCUT2D eigenvalue weighted by Gasteiger charge is 2.19. The number of amides is 1. The number of aromatic nitrogens is 3. The Morgan fingerprint density at radius 2 is 1.96 bits per heavy atom. The number of carbonyl (C=O) groups is 1. The average Bonchev–Trinajstić information content (AvgIpc) is 2.88. The monoisotopic (exact) mass is 373 g/mol. The number of nitrogens with one attached hydrogen (secondary N) is 1. The number of nitrogens with zero attached hydrogens (tertiary/aromatic N) is 4. The molecule has 26 heavy (non-hydrogen) atoms. The van der Waals surface area contributed by atoms with Crippen molar-refractivity contribution in [3.05, 3.63) is 47.8 Å². The molecule has 1 N–H and O–H groups in total. The Morgan fingerprint density at radius 3 is 2.65 bits per heavy atom. The van der Waals surface area contributed by atoms with E-state index in [1.54, 1.807) is 30.1 Å². The van der Waals surface area contributed by atoms with E-state index in [2.05, 4.69) is 15.4 Å². The molecule has 0 radical (unpaired) electrons. The van der Waals surface area contributed by atoms with E-state index in [0.717, 1.165) is 21.0 Å². The van der Waals surface area contributed by atoms with Gasteiger partial charge in [-0.15, -0.1) is 0 Å². The maximum Gasteiger partial charge on any atom is 0.255 e. The zero-order chi connectivity index (χ0) is 19.1. The summed E-state index contributed by atoms with van der Waals surface area (Å²) in [5.74, 6) is -0.413. The minimum absolute atomic E-state index is 0.0619. The second kappa shape index (κ2) is 6.50. The first kappa shape index (κ1) is 18.0. The SMILES string of the molecule is Cc1nn(C)c2ncc(NC(=O)c3cccc(S(=O)(=O)N(C)C)c3)cc12. The van der Waals surface area contributed by atoms with Crippen molar-refractivity contribution in [1.29, 1.82) is 0 Å². The molecule has 0 bridgehead atoms. The lowest BCUT2D eigenvalue weighted by Crippen LogP contribution is -2.22. The minimum atomic E-state index is -3.61. The number of fused-ring (bicyclic) bond motifs is 1. The number of carbonyl (C=O) groups excluding carboxylic acids is 1. The van der Waals surface area contributed by atoms with Crippen LogP contribution in [0.5, 0.6) is 0 Å². The first-order chi connectivity index (χ1) is 12.2. The lowest BCUT2D eigenvalue weighted by atomic mass is 10.2. The third kappa shape index (κ3) is 3.18. The zero-order valence-corrected chi connectivity index (χ0v) is 15.7. The second-order valence-electron chi connectivity index (χ2n) is 6.07. The van der Waals surface area contributed by atoms with Gasteiger partial charge in [0, 0.05) is 32.1 Å². The van der Waals surface area contributed by atoms with Crippen LogP contribution in [0.1, 0.15) is 16.1 Å². The van der Waals surface area contributed by atoms with Crippen LogP contribution in [0.15, 0.2) is 41.4 Å². The van der Waals surface area contributed by atoms with Gasteiger partial charge >= 0.3 is 0 Å². The van der Waals surface area contributed by atoms with E-state index < -0.39 is 15.9 Å². The van der Waals surface area contributed by atoms with Gasteiger partial charge in [0.25, 0.3) is 5.91 Å². The molecule has 0 aliphatic heterocycles. The number of sulfonamides is 1. The standard InChI is InChI=1S/C17H19N5O3S/c1-11-15-9-13(10-18-16(15)22(4)20-11)19-17(23)12-6-5-7-14(8-12)26(24,25)21(2)3/h5-10H,1-4H3,(H,19,23). The predicted octanol–water partition coefficient (Wildman–Crippen LogP) is 1.78. The number of hydrogen-bond acceptors (Lipinski definition) is 5. The molecule has 9 heteroatoms. The molecule has 2 aromatic heterocycles. The van der Waals surface area contributed by atoms with Gasteiger partial charge in [-0.1, -0.05) is 6.07 Å². The minimum Gasteiger partial charge on any atom is -0.321 e. The largest absolute Gasteiger partial charge is 0.321 e. The smallest absolute Gasteiger partial charge is 0.255 e. The van der Waals surface area contributed by atoms with Crippen LogP contribution in [0.2, 0.25) is 0 Å². The third-order valence-electron chi connectivity index (χ3n) is 4.00. The maximum absolute atomic E-state index is 12.5. The fourth-order valence-electron chi connectivity index (χ4n) is 2.59. The lowest BCUT2D eigenvalue weighted by Gasteiger charge is -2.12. The van der Waals surface area contributed by atoms with E-state index in [1.807, 2.05) is 6.92 Å². The van der Waals surface area contributed by atoms with Crippen LogP contribution in [0.25, 0.3) is 11.0 Å². The van der Waals surface area contributed by atoms with Crippen molar-refractivity contribution in [3.63, 3.8) is 0 Å². The van der Waals surface area contributed by atoms with Gasteiger partial charge in [-0.2, -0.15) is 5.10 Å². The summed E-state index contributed by atoms with van der Waals surface area (Å²) in [4.78, 5) is 16.9. The summed E-state index contributed by atoms with van der Waals surface area (Å²) in [5.41, 5.74) is 2.29. The molecule has 2 heterocycles. The molecule has 136 valence electrons. The molecule has 0 saturated carbocycles. The summed E-state index contributed by atoms with van der Waals surface area (Å²) in [6.45, 7) is 1.87. The van der Waals surface area contributed by atoms with Crippen molar-refractivity contribution in [3.8, 4) is 0 Å². The summed E-state index contributed by atoms with van der Waals surface area (Å²) in [7, 11) is 1.08. The molecule has 0 unspecified atom stereocenters. The molecule has 0 saturated heterocycles. The van der Waals surface area contributed by atoms with Crippen LogP contribution in [-0.4, -0.2) is 47.5 Å². The molecular formula is C17H19N5O3S. The van der Waals surface area contributed by atoms with E-state index in [-0.39, 0.29) is 10.5 Å². The van der Waals surface area contributed by atoms with Crippen LogP contribution >= 0.6 is 0 Å². The van der Waals surface area contributed by atoms with Crippen LogP contribution in [0, 0.1) is 6.92 Å². The molecule has 0 spiro atoms. The van der Waals surface area contributed by atoms with Gasteiger partial charge in [-0.3, -0.25) is 9.48 Å². The summed E-state index contributed by atoms with van der Waals surface area (Å²) in [6, 6.07) is 7.71. The first-order valence-electron chi connectivity index (χ1n) is 7.83. The van der Waals surface area contributed by atoms with E-state index in [4.69, 9.17) is 0 Å². The highest BCUT2D eigenvalue weighted by Crippen LogP contribution is 2.20. The van der Waals surface area contributed by atoms with E-state index >= 15 is 0 Å². The van der Waals surface area contributed by atoms with E-state index in [9.17, 15) is 13.2 Å². The van der Waals surface area contributed by atoms with Crippen LogP contribution in [0.4, 0.5) is 5.69 Å². The van der Waals surface area contributed by atoms with Crippen molar-refractivity contribution < 1.29 is 13.2 Å². The molecule has 3 aromatic rings. The van der Waals surface area contributed by atoms with Gasteiger partial charge < -0.3 is 5.32 Å². The van der Waals surface area contributed by atoms with Crippen molar-refractivity contribution in [2.45, 2.75) is 11.8 Å². The molecule has 0 fully saturated rings. The Bertz CT molecular complexity index is 1100. The van der Waals surface area contributed by atoms with E-state index in [1.165, 1.54) is 32.3 Å². The normalized spacial score (nSPS) is 11.9. The summed E-state index contributed by atoms with van der Waals surface area (Å²) in [5, 5.41) is 7.88. The molecule has 0 atom stereocenters. The fraction of sp³-hybridized carbons (Fsp3) is 0.235. The number of rotatable bonds is 4. The number of anilines is 1. The van der Waals surface area contributed by atoms with Crippen molar-refractivity contribution in [1.82, 2.24) is 19.1 Å². The van der Waals surface area contributed by atoms with Crippen molar-refractivity contribution in [2.75, 3.05) is 19.4 Å². The molecule has 1 aromatic carbocycles. The lowest BCUT2D eigenvalue weighted by molar-refractivity contribution is 0.102. The summed E-state index contributed by atoms with van der Waals surface area (Å²) >= 11 is 0. The molecule has 0 aliphatic rings. The number of aryl methyl sites for hydroxylation is 2. The van der Waals surface area contributed by atoms with E-state index in [0.29, 0.717) is 5.69 Å². The molecule has 3 rings (SSSR count). The topological polar surface area (TPSA) is 97.2 Å². The predicted molar refractivity (Wildman–Crippen MR) is 98.5 cm³/mol. The Labute approximate surface area is 151 Å². The average molecular weight is 373 g/mol. The van der Waals surface area contributed by atoms with Gasteiger partial charge in [0.2, 0.25) is 10.0 Å². The number of hydrogen-bond donors (Lipinski definition) is 1. The molecule has 0 aliphatic carbocycles. The number of pyridine rings is 1. The summed E-state index contributed by atoms with van der Waals surface area (Å²) < 4.78 is 27.2. The Morgan fingerprint density at radius 1 is 1.23 bits per heavy atom. The Kier molecular flexibility index (Phi) is 4.51. The summed E-state index contributed by atoms with van der Waals surface area (Å²) in [6.07, 6.45) is 1.54. The van der Waals surface area contributed by atoms with Gasteiger partial charge in [0.05, 0.1) is 22.5 Å². The van der Waals surface area contributed by atoms with Crippen molar-refractivity contribution in [2.24, 2.45) is 7.05 Å². The Balaban J connectivity index is 1.90. The second-order valence-corrected chi connectivity index (χ2v) is 8.23. The highest BCUT2D eigenvalue weighted by atomic mass is 32.2. The molecule has 1 amide bonds. The molecular weight excluding hydrogens is 354 g/mol. The Hall–Kier alpha value is -2.78. The van der Waals surface area contributed by atoms with Gasteiger partial charge in [-0.05, 0) is 31.2 Å².